The number of nitrogens with zero attached hydrogens (tertiary/aromatic N) is 4. The summed E-state index contributed by atoms with van der Waals surface area (Å²) >= 11 is 0. The van der Waals surface area contributed by atoms with E-state index in [1.807, 2.05) is 0 Å². The molecule has 0 aromatic carbocycles. The van der Waals surface area contributed by atoms with E-state index >= 15 is 0 Å². The Labute approximate surface area is 104 Å². The van der Waals surface area contributed by atoms with Crippen LogP contribution in [0.3, 0.4) is 0 Å². The first-order valence-corrected chi connectivity index (χ1v) is 5.36. The second-order valence-corrected chi connectivity index (χ2v) is 3.87. The van der Waals surface area contributed by atoms with E-state index in [2.05, 4.69) is 20.4 Å². The van der Waals surface area contributed by atoms with Crippen LogP contribution in [0.4, 0.5) is 0 Å². The number of pyridine rings is 1. The van der Waals surface area contributed by atoms with E-state index in [1.165, 1.54) is 24.8 Å². The molecule has 0 aliphatic carbocycles. The molecule has 18 heavy (non-hydrogen) atoms. The average molecular weight is 247 g/mol. The van der Waals surface area contributed by atoms with Crippen LogP contribution in [0.2, 0.25) is 0 Å². The van der Waals surface area contributed by atoms with Crippen molar-refractivity contribution in [1.29, 1.82) is 0 Å². The molecule has 2 N–H and O–H groups in total. The maximum Gasteiger partial charge on any atom is 0.253 e. The third-order valence-electron chi connectivity index (χ3n) is 2.47. The molecule has 0 fully saturated rings. The Kier molecular flexibility index (Phi) is 3.22. The van der Waals surface area contributed by atoms with Crippen LogP contribution in [0.15, 0.2) is 24.8 Å². The molecule has 2 rings (SSSR count). The van der Waals surface area contributed by atoms with Gasteiger partial charge in [0.15, 0.2) is 0 Å². The molecule has 0 aliphatic heterocycles. The number of rotatable bonds is 3. The van der Waals surface area contributed by atoms with Crippen molar-refractivity contribution in [3.8, 4) is 5.75 Å². The predicted octanol–water partition coefficient (Wildman–Crippen LogP) is 0.407. The lowest BCUT2D eigenvalue weighted by Crippen LogP contribution is -2.28. The molecule has 1 amide bonds. The molecule has 0 saturated heterocycles. The maximum absolute atomic E-state index is 11.9. The van der Waals surface area contributed by atoms with Gasteiger partial charge in [-0.3, -0.25) is 14.5 Å². The van der Waals surface area contributed by atoms with Gasteiger partial charge in [-0.1, -0.05) is 0 Å². The fourth-order valence-electron chi connectivity index (χ4n) is 1.59. The van der Waals surface area contributed by atoms with Crippen molar-refractivity contribution in [2.45, 2.75) is 13.0 Å². The fraction of sp³-hybridized carbons (Fsp3) is 0.273. The van der Waals surface area contributed by atoms with E-state index in [9.17, 15) is 9.90 Å². The molecule has 2 aromatic rings. The summed E-state index contributed by atoms with van der Waals surface area (Å²) in [5, 5.41) is 15.9. The number of aromatic nitrogens is 4. The van der Waals surface area contributed by atoms with Crippen molar-refractivity contribution in [2.24, 2.45) is 7.05 Å². The second kappa shape index (κ2) is 4.82. The summed E-state index contributed by atoms with van der Waals surface area (Å²) in [6.45, 7) is 1.80. The van der Waals surface area contributed by atoms with Gasteiger partial charge in [0.25, 0.3) is 5.91 Å². The van der Waals surface area contributed by atoms with Gasteiger partial charge in [0.2, 0.25) is 0 Å². The van der Waals surface area contributed by atoms with Gasteiger partial charge in [0.1, 0.15) is 17.9 Å². The van der Waals surface area contributed by atoms with E-state index in [-0.39, 0.29) is 17.7 Å². The third kappa shape index (κ3) is 2.45. The van der Waals surface area contributed by atoms with Gasteiger partial charge in [0.05, 0.1) is 17.8 Å². The monoisotopic (exact) mass is 247 g/mol. The molecule has 0 saturated carbocycles. The first kappa shape index (κ1) is 12.0. The van der Waals surface area contributed by atoms with Crippen LogP contribution in [0, 0.1) is 0 Å². The highest BCUT2D eigenvalue weighted by molar-refractivity contribution is 5.94. The minimum absolute atomic E-state index is 0.0473. The lowest BCUT2D eigenvalue weighted by molar-refractivity contribution is 0.0937. The van der Waals surface area contributed by atoms with Crippen LogP contribution in [-0.2, 0) is 7.05 Å². The van der Waals surface area contributed by atoms with Gasteiger partial charge in [-0.2, -0.15) is 5.10 Å². The Morgan fingerprint density at radius 1 is 1.50 bits per heavy atom. The third-order valence-corrected chi connectivity index (χ3v) is 2.47. The van der Waals surface area contributed by atoms with Crippen molar-refractivity contribution in [3.63, 3.8) is 0 Å². The topological polar surface area (TPSA) is 92.9 Å². The van der Waals surface area contributed by atoms with Crippen molar-refractivity contribution in [1.82, 2.24) is 25.1 Å². The number of hydrogen-bond acceptors (Lipinski definition) is 5. The zero-order valence-electron chi connectivity index (χ0n) is 10.0. The van der Waals surface area contributed by atoms with Gasteiger partial charge >= 0.3 is 0 Å². The van der Waals surface area contributed by atoms with E-state index in [1.54, 1.807) is 18.7 Å². The lowest BCUT2D eigenvalue weighted by atomic mass is 10.2. The summed E-state index contributed by atoms with van der Waals surface area (Å²) in [6.07, 6.45) is 4.08. The maximum atomic E-state index is 11.9. The van der Waals surface area contributed by atoms with Crippen LogP contribution in [0.5, 0.6) is 5.75 Å². The van der Waals surface area contributed by atoms with Gasteiger partial charge < -0.3 is 10.4 Å². The molecule has 0 aliphatic rings. The number of aromatic hydroxyl groups is 1. The molecular weight excluding hydrogens is 234 g/mol. The largest absolute Gasteiger partial charge is 0.506 e. The molecule has 0 spiro atoms. The van der Waals surface area contributed by atoms with E-state index in [4.69, 9.17) is 0 Å². The Hall–Kier alpha value is -2.44. The van der Waals surface area contributed by atoms with Gasteiger partial charge in [0, 0.05) is 13.2 Å². The number of hydrogen-bond donors (Lipinski definition) is 2. The van der Waals surface area contributed by atoms with Crippen molar-refractivity contribution in [2.75, 3.05) is 0 Å². The SMILES string of the molecule is CC(NC(=O)c1cncc(O)c1)c1ncnn1C. The van der Waals surface area contributed by atoms with Gasteiger partial charge in [-0.05, 0) is 13.0 Å². The smallest absolute Gasteiger partial charge is 0.253 e. The minimum Gasteiger partial charge on any atom is -0.506 e. The Morgan fingerprint density at radius 2 is 2.28 bits per heavy atom. The fourth-order valence-corrected chi connectivity index (χ4v) is 1.59. The zero-order valence-corrected chi connectivity index (χ0v) is 10.0. The summed E-state index contributed by atoms with van der Waals surface area (Å²) in [4.78, 5) is 19.7. The molecule has 2 aromatic heterocycles. The molecule has 1 unspecified atom stereocenters. The normalized spacial score (nSPS) is 12.1. The van der Waals surface area contributed by atoms with Crippen molar-refractivity contribution >= 4 is 5.91 Å². The number of amides is 1. The molecule has 1 atom stereocenters. The van der Waals surface area contributed by atoms with Gasteiger partial charge in [-0.25, -0.2) is 4.98 Å². The van der Waals surface area contributed by atoms with Crippen molar-refractivity contribution in [3.05, 3.63) is 36.2 Å². The second-order valence-electron chi connectivity index (χ2n) is 3.87. The number of carbonyl (C=O) groups is 1. The van der Waals surface area contributed by atoms with Crippen LogP contribution in [-0.4, -0.2) is 30.8 Å². The summed E-state index contributed by atoms with van der Waals surface area (Å²) in [7, 11) is 1.75. The Morgan fingerprint density at radius 3 is 2.89 bits per heavy atom. The first-order chi connectivity index (χ1) is 8.58. The van der Waals surface area contributed by atoms with Crippen LogP contribution < -0.4 is 5.32 Å². The molecule has 0 radical (unpaired) electrons. The quantitative estimate of drug-likeness (QED) is 0.819. The molecular formula is C11H13N5O2. The van der Waals surface area contributed by atoms with Crippen LogP contribution in [0.25, 0.3) is 0 Å². The molecule has 0 bridgehead atoms. The molecule has 7 nitrogen and oxygen atoms in total. The standard InChI is InChI=1S/C11H13N5O2/c1-7(10-13-6-14-16(10)2)15-11(18)8-3-9(17)5-12-4-8/h3-7,17H,1-2H3,(H,15,18). The summed E-state index contributed by atoms with van der Waals surface area (Å²) < 4.78 is 1.59. The van der Waals surface area contributed by atoms with Gasteiger partial charge in [-0.15, -0.1) is 0 Å². The van der Waals surface area contributed by atoms with Crippen molar-refractivity contribution < 1.29 is 9.90 Å². The number of carbonyl (C=O) groups excluding carboxylic acids is 1. The van der Waals surface area contributed by atoms with E-state index in [0.29, 0.717) is 11.4 Å². The van der Waals surface area contributed by atoms with E-state index < -0.39 is 0 Å². The molecule has 2 heterocycles. The first-order valence-electron chi connectivity index (χ1n) is 5.36. The summed E-state index contributed by atoms with van der Waals surface area (Å²) in [5.74, 6) is 0.277. The number of nitrogens with one attached hydrogen (secondary N) is 1. The average Bonchev–Trinajstić information content (AvgIpc) is 2.75. The molecule has 7 heteroatoms. The zero-order chi connectivity index (χ0) is 13.1. The highest BCUT2D eigenvalue weighted by atomic mass is 16.3. The number of aryl methyl sites for hydroxylation is 1. The summed E-state index contributed by atoms with van der Waals surface area (Å²) in [6, 6.07) is 1.07. The Bertz CT molecular complexity index is 566. The lowest BCUT2D eigenvalue weighted by Gasteiger charge is -2.12. The summed E-state index contributed by atoms with van der Waals surface area (Å²) in [5.41, 5.74) is 0.295. The molecule has 94 valence electrons. The highest BCUT2D eigenvalue weighted by Crippen LogP contribution is 2.11. The van der Waals surface area contributed by atoms with Crippen LogP contribution >= 0.6 is 0 Å². The Balaban J connectivity index is 2.10. The van der Waals surface area contributed by atoms with Crippen LogP contribution in [0.1, 0.15) is 29.1 Å². The highest BCUT2D eigenvalue weighted by Gasteiger charge is 2.15. The predicted molar refractivity (Wildman–Crippen MR) is 62.8 cm³/mol. The van der Waals surface area contributed by atoms with E-state index in [0.717, 1.165) is 0 Å². The minimum atomic E-state index is -0.325.